The number of benzene rings is 2. The number of rotatable bonds is 3. The molecule has 1 N–H and O–H groups in total. The molecule has 0 bridgehead atoms. The quantitative estimate of drug-likeness (QED) is 0.758. The van der Waals surface area contributed by atoms with E-state index in [1.807, 2.05) is 30.0 Å². The van der Waals surface area contributed by atoms with Crippen LogP contribution in [0.1, 0.15) is 18.5 Å². The molecule has 4 rings (SSSR count). The molecule has 30 heavy (non-hydrogen) atoms. The maximum Gasteiger partial charge on any atom is 0.253 e. The zero-order valence-electron chi connectivity index (χ0n) is 16.9. The number of ether oxygens (including phenoxy) is 2. The standard InChI is InChI=1S/C22H22FN3O3S/c1-13-19(21(27)25(2)3)20(14-4-6-15(23)7-5-14)24-22(30)26(13)16-8-9-17-18(12-16)29-11-10-28-17/h4-9,12,20H,10-11H2,1-3H3,(H,24,30)/t20-/m0/s1. The fourth-order valence-corrected chi connectivity index (χ4v) is 4.01. The van der Waals surface area contributed by atoms with E-state index in [0.717, 1.165) is 11.3 Å². The Morgan fingerprint density at radius 1 is 1.13 bits per heavy atom. The Bertz CT molecular complexity index is 1040. The van der Waals surface area contributed by atoms with Crippen molar-refractivity contribution < 1.29 is 18.7 Å². The van der Waals surface area contributed by atoms with E-state index in [0.29, 0.717) is 41.1 Å². The summed E-state index contributed by atoms with van der Waals surface area (Å²) in [5, 5.41) is 3.69. The molecular weight excluding hydrogens is 405 g/mol. The molecule has 156 valence electrons. The van der Waals surface area contributed by atoms with Crippen molar-refractivity contribution in [2.24, 2.45) is 0 Å². The number of nitrogens with one attached hydrogen (secondary N) is 1. The summed E-state index contributed by atoms with van der Waals surface area (Å²) in [6.45, 7) is 2.85. The minimum absolute atomic E-state index is 0.153. The van der Waals surface area contributed by atoms with Gasteiger partial charge < -0.3 is 19.7 Å². The van der Waals surface area contributed by atoms with Gasteiger partial charge in [-0.1, -0.05) is 12.1 Å². The zero-order chi connectivity index (χ0) is 21.4. The Morgan fingerprint density at radius 2 is 1.80 bits per heavy atom. The minimum atomic E-state index is -0.485. The first kappa shape index (κ1) is 20.2. The number of hydrogen-bond donors (Lipinski definition) is 1. The molecule has 0 spiro atoms. The summed E-state index contributed by atoms with van der Waals surface area (Å²) in [6.07, 6.45) is 0. The van der Waals surface area contributed by atoms with Gasteiger partial charge in [0.2, 0.25) is 0 Å². The summed E-state index contributed by atoms with van der Waals surface area (Å²) in [4.78, 5) is 16.4. The van der Waals surface area contributed by atoms with E-state index >= 15 is 0 Å². The number of likely N-dealkylation sites (N-methyl/N-ethyl adjacent to an activating group) is 1. The first-order valence-corrected chi connectivity index (χ1v) is 9.96. The van der Waals surface area contributed by atoms with Crippen molar-refractivity contribution in [3.8, 4) is 11.5 Å². The van der Waals surface area contributed by atoms with Crippen molar-refractivity contribution >= 4 is 28.9 Å². The molecule has 2 aliphatic rings. The van der Waals surface area contributed by atoms with Crippen molar-refractivity contribution in [3.63, 3.8) is 0 Å². The second kappa shape index (κ2) is 7.95. The van der Waals surface area contributed by atoms with E-state index in [1.54, 1.807) is 26.2 Å². The molecule has 0 fully saturated rings. The molecule has 1 atom stereocenters. The molecule has 0 aliphatic carbocycles. The molecule has 2 aromatic carbocycles. The Labute approximate surface area is 179 Å². The van der Waals surface area contributed by atoms with Crippen molar-refractivity contribution in [3.05, 3.63) is 65.1 Å². The van der Waals surface area contributed by atoms with Gasteiger partial charge >= 0.3 is 0 Å². The number of hydrogen-bond acceptors (Lipinski definition) is 4. The van der Waals surface area contributed by atoms with Crippen LogP contribution in [0.25, 0.3) is 0 Å². The van der Waals surface area contributed by atoms with Gasteiger partial charge in [0.05, 0.1) is 17.3 Å². The number of allylic oxidation sites excluding steroid dienone is 1. The van der Waals surface area contributed by atoms with E-state index in [1.165, 1.54) is 17.0 Å². The normalized spacial score (nSPS) is 18.2. The third-order valence-corrected chi connectivity index (χ3v) is 5.41. The monoisotopic (exact) mass is 427 g/mol. The molecule has 6 nitrogen and oxygen atoms in total. The molecule has 0 unspecified atom stereocenters. The lowest BCUT2D eigenvalue weighted by atomic mass is 9.93. The van der Waals surface area contributed by atoms with Crippen LogP contribution in [0.5, 0.6) is 11.5 Å². The molecule has 2 aromatic rings. The highest BCUT2D eigenvalue weighted by molar-refractivity contribution is 7.80. The highest BCUT2D eigenvalue weighted by atomic mass is 32.1. The fraction of sp³-hybridized carbons (Fsp3) is 0.273. The number of anilines is 1. The van der Waals surface area contributed by atoms with Crippen LogP contribution in [0.2, 0.25) is 0 Å². The van der Waals surface area contributed by atoms with Gasteiger partial charge in [0.1, 0.15) is 19.0 Å². The second-order valence-electron chi connectivity index (χ2n) is 7.30. The topological polar surface area (TPSA) is 54.0 Å². The lowest BCUT2D eigenvalue weighted by molar-refractivity contribution is -0.125. The maximum absolute atomic E-state index is 13.4. The Kier molecular flexibility index (Phi) is 5.34. The van der Waals surface area contributed by atoms with Crippen molar-refractivity contribution in [1.82, 2.24) is 10.2 Å². The third-order valence-electron chi connectivity index (χ3n) is 5.11. The van der Waals surface area contributed by atoms with Gasteiger partial charge in [-0.3, -0.25) is 9.69 Å². The third kappa shape index (κ3) is 3.59. The Balaban J connectivity index is 1.81. The first-order valence-electron chi connectivity index (χ1n) is 9.55. The second-order valence-corrected chi connectivity index (χ2v) is 7.68. The van der Waals surface area contributed by atoms with Crippen molar-refractivity contribution in [2.45, 2.75) is 13.0 Å². The highest BCUT2D eigenvalue weighted by Crippen LogP contribution is 2.38. The maximum atomic E-state index is 13.4. The lowest BCUT2D eigenvalue weighted by Crippen LogP contribution is -2.49. The molecule has 2 heterocycles. The van der Waals surface area contributed by atoms with Crippen LogP contribution in [-0.2, 0) is 4.79 Å². The number of carbonyl (C=O) groups excluding carboxylic acids is 1. The van der Waals surface area contributed by atoms with Gasteiger partial charge in [-0.2, -0.15) is 0 Å². The average molecular weight is 428 g/mol. The summed E-state index contributed by atoms with van der Waals surface area (Å²) in [6, 6.07) is 11.1. The van der Waals surface area contributed by atoms with Crippen LogP contribution in [-0.4, -0.2) is 43.2 Å². The number of amides is 1. The highest BCUT2D eigenvalue weighted by Gasteiger charge is 2.35. The van der Waals surface area contributed by atoms with Crippen LogP contribution in [0.4, 0.5) is 10.1 Å². The number of fused-ring (bicyclic) bond motifs is 1. The SMILES string of the molecule is CC1=C(C(=O)N(C)C)[C@H](c2ccc(F)cc2)NC(=S)N1c1ccc2c(c1)OCCO2. The molecule has 1 amide bonds. The Morgan fingerprint density at radius 3 is 2.47 bits per heavy atom. The van der Waals surface area contributed by atoms with Gasteiger partial charge in [-0.05, 0) is 49.0 Å². The summed E-state index contributed by atoms with van der Waals surface area (Å²) in [5.74, 6) is 0.822. The summed E-state index contributed by atoms with van der Waals surface area (Å²) >= 11 is 5.66. The van der Waals surface area contributed by atoms with Crippen molar-refractivity contribution in [2.75, 3.05) is 32.2 Å². The van der Waals surface area contributed by atoms with Gasteiger partial charge in [0, 0.05) is 25.9 Å². The van der Waals surface area contributed by atoms with Crippen LogP contribution in [0, 0.1) is 5.82 Å². The van der Waals surface area contributed by atoms with Gasteiger partial charge in [0.15, 0.2) is 16.6 Å². The van der Waals surface area contributed by atoms with E-state index in [2.05, 4.69) is 5.32 Å². The fourth-order valence-electron chi connectivity index (χ4n) is 3.65. The smallest absolute Gasteiger partial charge is 0.253 e. The van der Waals surface area contributed by atoms with Gasteiger partial charge in [-0.25, -0.2) is 4.39 Å². The Hall–Kier alpha value is -3.13. The van der Waals surface area contributed by atoms with Crippen LogP contribution in [0.3, 0.4) is 0 Å². The number of carbonyl (C=O) groups is 1. The molecule has 0 aromatic heterocycles. The number of nitrogens with zero attached hydrogens (tertiary/aromatic N) is 2. The van der Waals surface area contributed by atoms with Crippen molar-refractivity contribution in [1.29, 1.82) is 0 Å². The summed E-state index contributed by atoms with van der Waals surface area (Å²) in [7, 11) is 3.40. The molecule has 0 saturated carbocycles. The largest absolute Gasteiger partial charge is 0.486 e. The molecule has 0 radical (unpaired) electrons. The van der Waals surface area contributed by atoms with Crippen LogP contribution < -0.4 is 19.7 Å². The first-order chi connectivity index (χ1) is 14.4. The molecule has 2 aliphatic heterocycles. The number of halogens is 1. The van der Waals surface area contributed by atoms with E-state index in [9.17, 15) is 9.18 Å². The summed E-state index contributed by atoms with van der Waals surface area (Å²) < 4.78 is 24.7. The molecule has 8 heteroatoms. The lowest BCUT2D eigenvalue weighted by Gasteiger charge is -2.38. The average Bonchev–Trinajstić information content (AvgIpc) is 2.73. The van der Waals surface area contributed by atoms with Crippen LogP contribution in [0.15, 0.2) is 53.7 Å². The predicted molar refractivity (Wildman–Crippen MR) is 116 cm³/mol. The van der Waals surface area contributed by atoms with Gasteiger partial charge in [-0.15, -0.1) is 0 Å². The molecular formula is C22H22FN3O3S. The zero-order valence-corrected chi connectivity index (χ0v) is 17.8. The van der Waals surface area contributed by atoms with Gasteiger partial charge in [0.25, 0.3) is 5.91 Å². The van der Waals surface area contributed by atoms with E-state index in [4.69, 9.17) is 21.7 Å². The minimum Gasteiger partial charge on any atom is -0.486 e. The predicted octanol–water partition coefficient (Wildman–Crippen LogP) is 3.39. The van der Waals surface area contributed by atoms with Crippen LogP contribution >= 0.6 is 12.2 Å². The van der Waals surface area contributed by atoms with E-state index < -0.39 is 6.04 Å². The molecule has 0 saturated heterocycles. The summed E-state index contributed by atoms with van der Waals surface area (Å²) in [5.41, 5.74) is 2.75. The van der Waals surface area contributed by atoms with E-state index in [-0.39, 0.29) is 11.7 Å². The number of thiocarbonyl (C=S) groups is 1.